The lowest BCUT2D eigenvalue weighted by atomic mass is 9.83. The number of aliphatic hydroxyl groups is 1. The highest BCUT2D eigenvalue weighted by Crippen LogP contribution is 2.32. The van der Waals surface area contributed by atoms with Crippen LogP contribution in [0.5, 0.6) is 5.75 Å². The summed E-state index contributed by atoms with van der Waals surface area (Å²) in [5.41, 5.74) is 0.457. The van der Waals surface area contributed by atoms with Crippen LogP contribution in [0.15, 0.2) is 36.4 Å². The number of hydrogen-bond acceptors (Lipinski definition) is 9. The molecule has 1 aliphatic rings. The lowest BCUT2D eigenvalue weighted by Gasteiger charge is -2.31. The van der Waals surface area contributed by atoms with Gasteiger partial charge in [-0.3, -0.25) is 14.4 Å². The Morgan fingerprint density at radius 3 is 2.22 bits per heavy atom. The number of carbonyl (C=O) groups excluding carboxylic acids is 2. The Kier molecular flexibility index (Phi) is 21.1. The molecule has 0 unspecified atom stereocenters. The molecular formula is C39H60N2O10. The first-order chi connectivity index (χ1) is 24.6. The molecule has 0 bridgehead atoms. The molecule has 1 aliphatic heterocycles. The van der Waals surface area contributed by atoms with E-state index in [2.05, 4.69) is 29.6 Å². The van der Waals surface area contributed by atoms with E-state index in [1.807, 2.05) is 0 Å². The Balaban J connectivity index is 2.05. The van der Waals surface area contributed by atoms with E-state index in [1.54, 1.807) is 37.3 Å². The second-order valence-electron chi connectivity index (χ2n) is 12.9. The van der Waals surface area contributed by atoms with Crippen molar-refractivity contribution in [3.63, 3.8) is 0 Å². The molecule has 286 valence electrons. The van der Waals surface area contributed by atoms with Gasteiger partial charge in [0.25, 0.3) is 5.91 Å². The number of methoxy groups -OCH3 is 1. The number of nitrogens with one attached hydrogen (secondary N) is 2. The molecular weight excluding hydrogens is 656 g/mol. The molecule has 0 aliphatic carbocycles. The van der Waals surface area contributed by atoms with Gasteiger partial charge in [-0.15, -0.1) is 5.92 Å². The Morgan fingerprint density at radius 1 is 0.980 bits per heavy atom. The molecule has 1 aromatic carbocycles. The van der Waals surface area contributed by atoms with Gasteiger partial charge >= 0.3 is 5.97 Å². The van der Waals surface area contributed by atoms with Gasteiger partial charge in [-0.25, -0.2) is 10.3 Å². The van der Waals surface area contributed by atoms with Gasteiger partial charge in [-0.2, -0.15) is 0 Å². The van der Waals surface area contributed by atoms with Crippen molar-refractivity contribution in [3.05, 3.63) is 42.0 Å². The molecule has 4 N–H and O–H groups in total. The predicted octanol–water partition coefficient (Wildman–Crippen LogP) is 5.26. The van der Waals surface area contributed by atoms with Crippen LogP contribution in [0.4, 0.5) is 0 Å². The first-order valence-corrected chi connectivity index (χ1v) is 18.3. The predicted molar refractivity (Wildman–Crippen MR) is 194 cm³/mol. The highest BCUT2D eigenvalue weighted by atomic mass is 16.7. The molecule has 0 radical (unpaired) electrons. The summed E-state index contributed by atoms with van der Waals surface area (Å²) in [7, 11) is 2.65. The van der Waals surface area contributed by atoms with Crippen LogP contribution in [-0.2, 0) is 39.9 Å². The minimum absolute atomic E-state index is 0.0617. The lowest BCUT2D eigenvalue weighted by molar-refractivity contribution is -0.169. The zero-order chi connectivity index (χ0) is 37.4. The van der Waals surface area contributed by atoms with Crippen LogP contribution in [-0.4, -0.2) is 86.1 Å². The average Bonchev–Trinajstić information content (AvgIpc) is 3.59. The second kappa shape index (κ2) is 24.7. The van der Waals surface area contributed by atoms with E-state index >= 15 is 0 Å². The number of ether oxygens (including phenoxy) is 4. The van der Waals surface area contributed by atoms with Gasteiger partial charge in [0.05, 0.1) is 26.2 Å². The van der Waals surface area contributed by atoms with Gasteiger partial charge in [0.15, 0.2) is 11.4 Å². The normalized spacial score (nSPS) is 16.1. The second-order valence-corrected chi connectivity index (χ2v) is 12.9. The van der Waals surface area contributed by atoms with E-state index in [4.69, 9.17) is 23.8 Å². The van der Waals surface area contributed by atoms with Crippen molar-refractivity contribution >= 4 is 17.8 Å². The van der Waals surface area contributed by atoms with Crippen LogP contribution in [0.2, 0.25) is 0 Å². The number of hydrogen-bond donors (Lipinski definition) is 4. The average molecular weight is 717 g/mol. The molecule has 1 saturated heterocycles. The van der Waals surface area contributed by atoms with Crippen molar-refractivity contribution in [1.29, 1.82) is 0 Å². The van der Waals surface area contributed by atoms with Crippen LogP contribution < -0.4 is 15.5 Å². The van der Waals surface area contributed by atoms with Crippen LogP contribution in [0.25, 0.3) is 0 Å². The number of benzene rings is 1. The summed E-state index contributed by atoms with van der Waals surface area (Å²) in [5, 5.41) is 24.1. The smallest absolute Gasteiger partial charge is 0.336 e. The Bertz CT molecular complexity index is 1250. The third kappa shape index (κ3) is 15.8. The minimum Gasteiger partial charge on any atom is -0.481 e. The lowest BCUT2D eigenvalue weighted by Crippen LogP contribution is -2.56. The fraction of sp³-hybridized carbons (Fsp3) is 0.667. The van der Waals surface area contributed by atoms with Gasteiger partial charge in [-0.1, -0.05) is 75.7 Å². The van der Waals surface area contributed by atoms with E-state index in [0.717, 1.165) is 44.9 Å². The van der Waals surface area contributed by atoms with Gasteiger partial charge in [-0.05, 0) is 50.3 Å². The Morgan fingerprint density at radius 2 is 1.63 bits per heavy atom. The van der Waals surface area contributed by atoms with E-state index in [0.29, 0.717) is 30.9 Å². The van der Waals surface area contributed by atoms with Gasteiger partial charge in [0.2, 0.25) is 5.91 Å². The number of unbranched alkanes of at least 4 members (excludes halogenated alkanes) is 8. The summed E-state index contributed by atoms with van der Waals surface area (Å²) in [6.07, 6.45) is 14.9. The molecule has 1 fully saturated rings. The van der Waals surface area contributed by atoms with E-state index in [-0.39, 0.29) is 26.1 Å². The maximum Gasteiger partial charge on any atom is 0.336 e. The van der Waals surface area contributed by atoms with Gasteiger partial charge in [0.1, 0.15) is 18.4 Å². The highest BCUT2D eigenvalue weighted by molar-refractivity contribution is 5.93. The van der Waals surface area contributed by atoms with E-state index in [1.165, 1.54) is 46.0 Å². The fourth-order valence-corrected chi connectivity index (χ4v) is 6.06. The molecule has 1 aromatic rings. The standard InChI is InChI=1S/C39H60N2O10/c1-5-7-9-13-16-23-38(50-28-29-51-38)24-17-14-11-10-12-15-18-33(39(46,37(44)45)25-27-47-3)35(42)40-34(36(43)41-48-4)30-31-19-21-32(22-20-31)49-26-8-6-2/h15,18-22,33-34,46H,5,7,9-14,16-17,23-30H2,1-4H3,(H,40,42)(H,41,43)(H,44,45)/b18-15+/t33-,34+,39+/m1/s1. The molecule has 0 saturated carbocycles. The molecule has 2 rings (SSSR count). The topological polar surface area (TPSA) is 162 Å². The summed E-state index contributed by atoms with van der Waals surface area (Å²) in [5.74, 6) is 1.16. The van der Waals surface area contributed by atoms with Crippen LogP contribution in [0, 0.1) is 17.8 Å². The first kappa shape index (κ1) is 43.7. The molecule has 12 heteroatoms. The quantitative estimate of drug-likeness (QED) is 0.0409. The monoisotopic (exact) mass is 716 g/mol. The molecule has 3 atom stereocenters. The van der Waals surface area contributed by atoms with E-state index < -0.39 is 41.1 Å². The summed E-state index contributed by atoms with van der Waals surface area (Å²) < 4.78 is 22.7. The largest absolute Gasteiger partial charge is 0.481 e. The number of amides is 2. The molecule has 51 heavy (non-hydrogen) atoms. The summed E-state index contributed by atoms with van der Waals surface area (Å²) in [4.78, 5) is 43.9. The molecule has 0 aromatic heterocycles. The number of hydroxylamine groups is 1. The van der Waals surface area contributed by atoms with Crippen molar-refractivity contribution < 1.29 is 48.4 Å². The highest BCUT2D eigenvalue weighted by Gasteiger charge is 2.47. The number of carboxylic acids is 1. The van der Waals surface area contributed by atoms with Crippen molar-refractivity contribution in [2.24, 2.45) is 5.92 Å². The summed E-state index contributed by atoms with van der Waals surface area (Å²) >= 11 is 0. The van der Waals surface area contributed by atoms with Gasteiger partial charge < -0.3 is 34.5 Å². The fourth-order valence-electron chi connectivity index (χ4n) is 6.06. The number of allylic oxidation sites excluding steroid dienone is 1. The number of carbonyl (C=O) groups is 3. The molecule has 2 amide bonds. The third-order valence-corrected chi connectivity index (χ3v) is 9.02. The van der Waals surface area contributed by atoms with Crippen molar-refractivity contribution in [3.8, 4) is 17.6 Å². The van der Waals surface area contributed by atoms with Crippen LogP contribution in [0.3, 0.4) is 0 Å². The van der Waals surface area contributed by atoms with E-state index in [9.17, 15) is 24.6 Å². The number of rotatable bonds is 27. The maximum absolute atomic E-state index is 13.8. The third-order valence-electron chi connectivity index (χ3n) is 9.02. The van der Waals surface area contributed by atoms with Crippen LogP contribution >= 0.6 is 0 Å². The molecule has 0 spiro atoms. The Labute approximate surface area is 303 Å². The zero-order valence-electron chi connectivity index (χ0n) is 31.0. The SMILES string of the molecule is CC#CCOc1ccc(C[C@H](NC(=O)[C@@H](/C=C/CCCCCCC2(CCCCCCC)OCCO2)[C@@](O)(CCOC)C(=O)O)C(=O)NOC)cc1. The van der Waals surface area contributed by atoms with Crippen molar-refractivity contribution in [1.82, 2.24) is 10.8 Å². The number of carboxylic acid groups (broad SMARTS) is 1. The minimum atomic E-state index is -2.48. The van der Waals surface area contributed by atoms with Gasteiger partial charge in [0, 0.05) is 39.4 Å². The first-order valence-electron chi connectivity index (χ1n) is 18.3. The number of aliphatic carboxylic acids is 1. The Hall–Kier alpha value is -3.47. The zero-order valence-corrected chi connectivity index (χ0v) is 31.0. The van der Waals surface area contributed by atoms with Crippen molar-refractivity contribution in [2.45, 2.75) is 121 Å². The molecule has 1 heterocycles. The summed E-state index contributed by atoms with van der Waals surface area (Å²) in [6.45, 7) is 5.34. The van der Waals surface area contributed by atoms with Crippen LogP contribution in [0.1, 0.15) is 103 Å². The van der Waals surface area contributed by atoms with Crippen molar-refractivity contribution in [2.75, 3.05) is 40.6 Å². The summed E-state index contributed by atoms with van der Waals surface area (Å²) in [6, 6.07) is 5.81. The molecule has 12 nitrogen and oxygen atoms in total. The maximum atomic E-state index is 13.8.